The van der Waals surface area contributed by atoms with Crippen molar-refractivity contribution in [2.45, 2.75) is 18.6 Å². The minimum atomic E-state index is -2.05. The van der Waals surface area contributed by atoms with Gasteiger partial charge in [-0.05, 0) is 59.3 Å². The van der Waals surface area contributed by atoms with Gasteiger partial charge in [0, 0.05) is 14.7 Å². The van der Waals surface area contributed by atoms with Crippen LogP contribution in [-0.4, -0.2) is 29.0 Å². The molecule has 0 saturated carbocycles. The van der Waals surface area contributed by atoms with Crippen molar-refractivity contribution >= 4 is 51.7 Å². The maximum atomic E-state index is 13.8. The number of rotatable bonds is 2. The number of fused-ring (bicyclic) bond motifs is 3. The summed E-state index contributed by atoms with van der Waals surface area (Å²) in [4.78, 5) is 56.1. The highest BCUT2D eigenvalue weighted by Gasteiger charge is 2.74. The zero-order valence-corrected chi connectivity index (χ0v) is 20.2. The second-order valence-corrected chi connectivity index (χ2v) is 10.1. The predicted octanol–water partition coefficient (Wildman–Crippen LogP) is 4.29. The van der Waals surface area contributed by atoms with Gasteiger partial charge in [0.2, 0.25) is 29.0 Å². The molecule has 2 amide bonds. The van der Waals surface area contributed by atoms with Gasteiger partial charge in [0.05, 0.1) is 23.6 Å². The SMILES string of the molecule is Cc1ccc([C@@H]2OC3(C(=O)c4ccccc4C3=O)[C@H]3C(=O)N(c4ccc(I)cc4)C(=O)[C@@H]23)cc1. The number of halogens is 1. The van der Waals surface area contributed by atoms with Crippen LogP contribution in [0.15, 0.2) is 72.8 Å². The molecule has 0 bridgehead atoms. The van der Waals surface area contributed by atoms with E-state index in [-0.39, 0.29) is 11.1 Å². The summed E-state index contributed by atoms with van der Waals surface area (Å²) in [5.41, 5.74) is 0.488. The number of ketones is 2. The first-order valence-corrected chi connectivity index (χ1v) is 12.0. The number of Topliss-reactive ketones (excluding diaryl/α,β-unsaturated/α-hetero) is 2. The van der Waals surface area contributed by atoms with Crippen LogP contribution in [0.25, 0.3) is 0 Å². The first kappa shape index (κ1) is 21.4. The number of ether oxygens (including phenoxy) is 1. The third-order valence-corrected chi connectivity index (χ3v) is 7.73. The fourth-order valence-electron chi connectivity index (χ4n) is 5.42. The van der Waals surface area contributed by atoms with Crippen LogP contribution in [-0.2, 0) is 14.3 Å². The highest BCUT2D eigenvalue weighted by atomic mass is 127. The molecule has 3 atom stereocenters. The molecule has 7 heteroatoms. The van der Waals surface area contributed by atoms with E-state index in [2.05, 4.69) is 22.6 Å². The van der Waals surface area contributed by atoms with Gasteiger partial charge in [-0.1, -0.05) is 54.1 Å². The summed E-state index contributed by atoms with van der Waals surface area (Å²) in [5, 5.41) is 0. The third kappa shape index (κ3) is 2.71. The van der Waals surface area contributed by atoms with Gasteiger partial charge in [0.1, 0.15) is 0 Å². The lowest BCUT2D eigenvalue weighted by molar-refractivity contribution is -0.127. The van der Waals surface area contributed by atoms with E-state index in [4.69, 9.17) is 4.74 Å². The van der Waals surface area contributed by atoms with Gasteiger partial charge in [0.15, 0.2) is 0 Å². The number of aryl methyl sites for hydroxylation is 1. The van der Waals surface area contributed by atoms with Crippen molar-refractivity contribution in [1.82, 2.24) is 0 Å². The summed E-state index contributed by atoms with van der Waals surface area (Å²) in [6, 6.07) is 20.9. The molecular formula is C27H18INO5. The van der Waals surface area contributed by atoms with Crippen LogP contribution in [0.4, 0.5) is 5.69 Å². The van der Waals surface area contributed by atoms with E-state index in [1.165, 1.54) is 0 Å². The molecule has 168 valence electrons. The van der Waals surface area contributed by atoms with Gasteiger partial charge in [-0.25, -0.2) is 4.90 Å². The Morgan fingerprint density at radius 2 is 1.38 bits per heavy atom. The molecular weight excluding hydrogens is 545 g/mol. The van der Waals surface area contributed by atoms with Gasteiger partial charge in [0.25, 0.3) is 0 Å². The number of benzene rings is 3. The molecule has 34 heavy (non-hydrogen) atoms. The lowest BCUT2D eigenvalue weighted by Gasteiger charge is -2.27. The normalized spacial score (nSPS) is 24.8. The van der Waals surface area contributed by atoms with Crippen molar-refractivity contribution in [3.63, 3.8) is 0 Å². The zero-order chi connectivity index (χ0) is 23.8. The smallest absolute Gasteiger partial charge is 0.241 e. The second-order valence-electron chi connectivity index (χ2n) is 8.88. The number of amides is 2. The molecule has 6 nitrogen and oxygen atoms in total. The summed E-state index contributed by atoms with van der Waals surface area (Å²) in [5.74, 6) is -4.38. The summed E-state index contributed by atoms with van der Waals surface area (Å²) < 4.78 is 7.24. The standard InChI is InChI=1S/C27H18INO5/c1-14-6-8-15(9-7-14)22-20-21(26(33)29(25(20)32)17-12-10-16(28)11-13-17)27(34-22)23(30)18-4-2-3-5-19(18)24(27)31/h2-13,20-22H,1H3/t20-,21-,22+/m1/s1. The molecule has 0 aromatic heterocycles. The number of carbonyl (C=O) groups excluding carboxylic acids is 4. The molecule has 0 radical (unpaired) electrons. The van der Waals surface area contributed by atoms with Gasteiger partial charge in [-0.15, -0.1) is 0 Å². The number of hydrogen-bond donors (Lipinski definition) is 0. The summed E-state index contributed by atoms with van der Waals surface area (Å²) in [6.45, 7) is 1.94. The van der Waals surface area contributed by atoms with E-state index in [9.17, 15) is 19.2 Å². The van der Waals surface area contributed by atoms with Crippen molar-refractivity contribution in [2.24, 2.45) is 11.8 Å². The van der Waals surface area contributed by atoms with Crippen molar-refractivity contribution in [1.29, 1.82) is 0 Å². The number of carbonyl (C=O) groups is 4. The Morgan fingerprint density at radius 1 is 0.794 bits per heavy atom. The monoisotopic (exact) mass is 563 g/mol. The number of anilines is 1. The fraction of sp³-hybridized carbons (Fsp3) is 0.185. The molecule has 2 aliphatic heterocycles. The van der Waals surface area contributed by atoms with E-state index in [0.717, 1.165) is 14.0 Å². The van der Waals surface area contributed by atoms with Crippen LogP contribution in [0.3, 0.4) is 0 Å². The van der Waals surface area contributed by atoms with Gasteiger partial charge in [-0.2, -0.15) is 0 Å². The van der Waals surface area contributed by atoms with E-state index in [1.54, 1.807) is 48.5 Å². The largest absolute Gasteiger partial charge is 0.349 e. The van der Waals surface area contributed by atoms with E-state index in [1.807, 2.05) is 31.2 Å². The Labute approximate surface area is 209 Å². The molecule has 3 aromatic carbocycles. The first-order chi connectivity index (χ1) is 16.3. The van der Waals surface area contributed by atoms with Crippen LogP contribution in [0.5, 0.6) is 0 Å². The maximum Gasteiger partial charge on any atom is 0.241 e. The Hall–Kier alpha value is -3.17. The van der Waals surface area contributed by atoms with Gasteiger partial charge >= 0.3 is 0 Å². The lowest BCUT2D eigenvalue weighted by atomic mass is 9.77. The highest BCUT2D eigenvalue weighted by molar-refractivity contribution is 14.1. The summed E-state index contributed by atoms with van der Waals surface area (Å²) in [6.07, 6.45) is -0.905. The molecule has 0 unspecified atom stereocenters. The topological polar surface area (TPSA) is 80.8 Å². The molecule has 3 aromatic rings. The number of nitrogens with zero attached hydrogens (tertiary/aromatic N) is 1. The predicted molar refractivity (Wildman–Crippen MR) is 131 cm³/mol. The van der Waals surface area contributed by atoms with Crippen molar-refractivity contribution in [3.05, 3.63) is 98.6 Å². The molecule has 3 aliphatic rings. The van der Waals surface area contributed by atoms with Crippen LogP contribution < -0.4 is 4.90 Å². The molecule has 1 aliphatic carbocycles. The maximum absolute atomic E-state index is 13.8. The van der Waals surface area contributed by atoms with Crippen molar-refractivity contribution in [3.8, 4) is 0 Å². The van der Waals surface area contributed by atoms with Crippen molar-refractivity contribution < 1.29 is 23.9 Å². The Bertz CT molecular complexity index is 1360. The second kappa shape index (κ2) is 7.41. The third-order valence-electron chi connectivity index (χ3n) is 7.01. The van der Waals surface area contributed by atoms with Gasteiger partial charge in [-0.3, -0.25) is 19.2 Å². The molecule has 2 saturated heterocycles. The van der Waals surface area contributed by atoms with Crippen LogP contribution >= 0.6 is 22.6 Å². The number of hydrogen-bond acceptors (Lipinski definition) is 5. The van der Waals surface area contributed by atoms with Crippen molar-refractivity contribution in [2.75, 3.05) is 4.90 Å². The lowest BCUT2D eigenvalue weighted by Crippen LogP contribution is -2.51. The summed E-state index contributed by atoms with van der Waals surface area (Å²) in [7, 11) is 0. The quantitative estimate of drug-likeness (QED) is 0.264. The molecule has 1 spiro atoms. The number of imide groups is 1. The molecule has 6 rings (SSSR count). The van der Waals surface area contributed by atoms with Crippen LogP contribution in [0.1, 0.15) is 37.9 Å². The fourth-order valence-corrected chi connectivity index (χ4v) is 5.78. The average Bonchev–Trinajstić information content (AvgIpc) is 3.40. The Kier molecular flexibility index (Phi) is 4.66. The minimum Gasteiger partial charge on any atom is -0.349 e. The summed E-state index contributed by atoms with van der Waals surface area (Å²) >= 11 is 2.14. The van der Waals surface area contributed by atoms with Gasteiger partial charge < -0.3 is 4.74 Å². The van der Waals surface area contributed by atoms with Crippen LogP contribution in [0, 0.1) is 22.3 Å². The Balaban J connectivity index is 1.54. The van der Waals surface area contributed by atoms with E-state index in [0.29, 0.717) is 11.3 Å². The molecule has 0 N–H and O–H groups in total. The zero-order valence-electron chi connectivity index (χ0n) is 18.0. The molecule has 2 fully saturated rings. The Morgan fingerprint density at radius 3 is 1.97 bits per heavy atom. The minimum absolute atomic E-state index is 0.226. The molecule has 2 heterocycles. The highest BCUT2D eigenvalue weighted by Crippen LogP contribution is 2.57. The first-order valence-electron chi connectivity index (χ1n) is 10.9. The van der Waals surface area contributed by atoms with E-state index < -0.39 is 46.9 Å². The van der Waals surface area contributed by atoms with Crippen LogP contribution in [0.2, 0.25) is 0 Å². The van der Waals surface area contributed by atoms with E-state index >= 15 is 0 Å². The average molecular weight is 563 g/mol.